The fraction of sp³-hybridized carbons (Fsp3) is 0.167. The van der Waals surface area contributed by atoms with E-state index in [0.717, 1.165) is 17.5 Å². The average molecular weight is 248 g/mol. The SMILES string of the molecule is CCc1cc(-c2cccc([N+](=O)[O-])c2)c(N)s1. The highest BCUT2D eigenvalue weighted by Gasteiger charge is 2.11. The van der Waals surface area contributed by atoms with Gasteiger partial charge in [-0.05, 0) is 18.1 Å². The van der Waals surface area contributed by atoms with E-state index in [-0.39, 0.29) is 5.69 Å². The topological polar surface area (TPSA) is 69.2 Å². The normalized spacial score (nSPS) is 10.4. The number of benzene rings is 1. The third-order valence-corrected chi connectivity index (χ3v) is 3.64. The molecular formula is C12H12N2O2S. The van der Waals surface area contributed by atoms with Crippen LogP contribution in [-0.2, 0) is 6.42 Å². The number of nitro benzene ring substituents is 1. The molecule has 2 aromatic rings. The van der Waals surface area contributed by atoms with Crippen LogP contribution in [0, 0.1) is 10.1 Å². The molecular weight excluding hydrogens is 236 g/mol. The van der Waals surface area contributed by atoms with Gasteiger partial charge in [0.15, 0.2) is 0 Å². The number of hydrogen-bond acceptors (Lipinski definition) is 4. The Balaban J connectivity index is 2.48. The zero-order chi connectivity index (χ0) is 12.4. The van der Waals surface area contributed by atoms with E-state index < -0.39 is 4.92 Å². The second kappa shape index (κ2) is 4.55. The molecule has 2 N–H and O–H groups in total. The molecule has 0 bridgehead atoms. The van der Waals surface area contributed by atoms with E-state index in [4.69, 9.17) is 5.73 Å². The van der Waals surface area contributed by atoms with Crippen molar-refractivity contribution < 1.29 is 4.92 Å². The summed E-state index contributed by atoms with van der Waals surface area (Å²) in [6.45, 7) is 2.06. The zero-order valence-electron chi connectivity index (χ0n) is 9.34. The number of nitrogen functional groups attached to an aromatic ring is 1. The fourth-order valence-electron chi connectivity index (χ4n) is 1.64. The summed E-state index contributed by atoms with van der Waals surface area (Å²) in [5, 5.41) is 11.4. The first-order chi connectivity index (χ1) is 8.11. The maximum atomic E-state index is 10.7. The van der Waals surface area contributed by atoms with Gasteiger partial charge in [0.2, 0.25) is 0 Å². The average Bonchev–Trinajstić information content (AvgIpc) is 2.71. The number of thiophene rings is 1. The Kier molecular flexibility index (Phi) is 3.10. The molecule has 0 spiro atoms. The Morgan fingerprint density at radius 2 is 2.18 bits per heavy atom. The molecule has 0 radical (unpaired) electrons. The van der Waals surface area contributed by atoms with Crippen molar-refractivity contribution in [1.29, 1.82) is 0 Å². The Hall–Kier alpha value is -1.88. The Morgan fingerprint density at radius 3 is 2.76 bits per heavy atom. The summed E-state index contributed by atoms with van der Waals surface area (Å²) in [6.07, 6.45) is 0.920. The van der Waals surface area contributed by atoms with Crippen LogP contribution >= 0.6 is 11.3 Å². The van der Waals surface area contributed by atoms with E-state index in [2.05, 4.69) is 6.92 Å². The molecule has 0 aliphatic rings. The Morgan fingerprint density at radius 1 is 1.41 bits per heavy atom. The molecule has 88 valence electrons. The van der Waals surface area contributed by atoms with Crippen LogP contribution in [-0.4, -0.2) is 4.92 Å². The van der Waals surface area contributed by atoms with Crippen molar-refractivity contribution in [2.45, 2.75) is 13.3 Å². The van der Waals surface area contributed by atoms with E-state index in [1.807, 2.05) is 12.1 Å². The van der Waals surface area contributed by atoms with Gasteiger partial charge in [0.25, 0.3) is 5.69 Å². The summed E-state index contributed by atoms with van der Waals surface area (Å²) in [5.41, 5.74) is 7.70. The van der Waals surface area contributed by atoms with Gasteiger partial charge in [-0.3, -0.25) is 10.1 Å². The minimum atomic E-state index is -0.396. The second-order valence-corrected chi connectivity index (χ2v) is 4.82. The van der Waals surface area contributed by atoms with Gasteiger partial charge in [-0.15, -0.1) is 11.3 Å². The molecule has 1 heterocycles. The van der Waals surface area contributed by atoms with Gasteiger partial charge in [0, 0.05) is 22.6 Å². The molecule has 1 aromatic heterocycles. The molecule has 17 heavy (non-hydrogen) atoms. The van der Waals surface area contributed by atoms with Crippen molar-refractivity contribution in [2.24, 2.45) is 0 Å². The third kappa shape index (κ3) is 2.29. The van der Waals surface area contributed by atoms with Gasteiger partial charge in [-0.25, -0.2) is 0 Å². The molecule has 0 amide bonds. The largest absolute Gasteiger partial charge is 0.390 e. The maximum Gasteiger partial charge on any atom is 0.270 e. The molecule has 0 atom stereocenters. The monoisotopic (exact) mass is 248 g/mol. The zero-order valence-corrected chi connectivity index (χ0v) is 10.2. The van der Waals surface area contributed by atoms with Gasteiger partial charge in [0.05, 0.1) is 9.92 Å². The third-order valence-electron chi connectivity index (χ3n) is 2.53. The molecule has 0 saturated heterocycles. The predicted molar refractivity (Wildman–Crippen MR) is 70.2 cm³/mol. The van der Waals surface area contributed by atoms with Crippen LogP contribution in [0.3, 0.4) is 0 Å². The number of anilines is 1. The van der Waals surface area contributed by atoms with Gasteiger partial charge >= 0.3 is 0 Å². The number of aryl methyl sites for hydroxylation is 1. The van der Waals surface area contributed by atoms with Crippen molar-refractivity contribution in [2.75, 3.05) is 5.73 Å². The van der Waals surface area contributed by atoms with Crippen molar-refractivity contribution in [3.8, 4) is 11.1 Å². The smallest absolute Gasteiger partial charge is 0.270 e. The molecule has 0 fully saturated rings. The Labute approximate surface area is 103 Å². The van der Waals surface area contributed by atoms with Crippen LogP contribution < -0.4 is 5.73 Å². The van der Waals surface area contributed by atoms with Gasteiger partial charge in [-0.1, -0.05) is 19.1 Å². The summed E-state index contributed by atoms with van der Waals surface area (Å²) >= 11 is 1.53. The van der Waals surface area contributed by atoms with Crippen LogP contribution in [0.25, 0.3) is 11.1 Å². The predicted octanol–water partition coefficient (Wildman–Crippen LogP) is 3.47. The number of non-ortho nitro benzene ring substituents is 1. The Bertz CT molecular complexity index is 563. The first-order valence-corrected chi connectivity index (χ1v) is 6.06. The van der Waals surface area contributed by atoms with Crippen LogP contribution in [0.5, 0.6) is 0 Å². The molecule has 0 saturated carbocycles. The van der Waals surface area contributed by atoms with E-state index in [1.165, 1.54) is 22.3 Å². The highest BCUT2D eigenvalue weighted by Crippen LogP contribution is 2.35. The first kappa shape index (κ1) is 11.6. The molecule has 1 aromatic carbocycles. The molecule has 0 unspecified atom stereocenters. The molecule has 5 heteroatoms. The van der Waals surface area contributed by atoms with E-state index in [1.54, 1.807) is 12.1 Å². The number of nitro groups is 1. The van der Waals surface area contributed by atoms with E-state index >= 15 is 0 Å². The summed E-state index contributed by atoms with van der Waals surface area (Å²) in [7, 11) is 0. The lowest BCUT2D eigenvalue weighted by Gasteiger charge is -1.99. The van der Waals surface area contributed by atoms with E-state index in [0.29, 0.717) is 5.00 Å². The summed E-state index contributed by atoms with van der Waals surface area (Å²) in [5.74, 6) is 0. The highest BCUT2D eigenvalue weighted by atomic mass is 32.1. The molecule has 2 rings (SSSR count). The fourth-order valence-corrected chi connectivity index (χ4v) is 2.53. The summed E-state index contributed by atoms with van der Waals surface area (Å²) < 4.78 is 0. The van der Waals surface area contributed by atoms with Gasteiger partial charge in [0.1, 0.15) is 0 Å². The lowest BCUT2D eigenvalue weighted by molar-refractivity contribution is -0.384. The maximum absolute atomic E-state index is 10.7. The van der Waals surface area contributed by atoms with Crippen molar-refractivity contribution in [3.05, 3.63) is 45.3 Å². The summed E-state index contributed by atoms with van der Waals surface area (Å²) in [6, 6.07) is 8.55. The van der Waals surface area contributed by atoms with Crippen LogP contribution in [0.2, 0.25) is 0 Å². The minimum Gasteiger partial charge on any atom is -0.390 e. The van der Waals surface area contributed by atoms with Gasteiger partial charge in [-0.2, -0.15) is 0 Å². The number of rotatable bonds is 3. The second-order valence-electron chi connectivity index (χ2n) is 3.65. The minimum absolute atomic E-state index is 0.0890. The van der Waals surface area contributed by atoms with Crippen molar-refractivity contribution in [3.63, 3.8) is 0 Å². The molecule has 0 aliphatic carbocycles. The van der Waals surface area contributed by atoms with Crippen molar-refractivity contribution >= 4 is 22.0 Å². The summed E-state index contributed by atoms with van der Waals surface area (Å²) in [4.78, 5) is 11.5. The first-order valence-electron chi connectivity index (χ1n) is 5.25. The number of nitrogens with two attached hydrogens (primary N) is 1. The number of nitrogens with zero attached hydrogens (tertiary/aromatic N) is 1. The van der Waals surface area contributed by atoms with Crippen LogP contribution in [0.15, 0.2) is 30.3 Å². The van der Waals surface area contributed by atoms with Crippen LogP contribution in [0.4, 0.5) is 10.7 Å². The lowest BCUT2D eigenvalue weighted by atomic mass is 10.1. The lowest BCUT2D eigenvalue weighted by Crippen LogP contribution is -1.89. The molecule has 4 nitrogen and oxygen atoms in total. The van der Waals surface area contributed by atoms with Gasteiger partial charge < -0.3 is 5.73 Å². The molecule has 0 aliphatic heterocycles. The quantitative estimate of drug-likeness (QED) is 0.668. The van der Waals surface area contributed by atoms with E-state index in [9.17, 15) is 10.1 Å². The highest BCUT2D eigenvalue weighted by molar-refractivity contribution is 7.16. The number of hydrogen-bond donors (Lipinski definition) is 1. The standard InChI is InChI=1S/C12H12N2O2S/c1-2-10-7-11(12(13)17-10)8-4-3-5-9(6-8)14(15)16/h3-7H,2,13H2,1H3. The van der Waals surface area contributed by atoms with Crippen LogP contribution in [0.1, 0.15) is 11.8 Å². The van der Waals surface area contributed by atoms with Crippen molar-refractivity contribution in [1.82, 2.24) is 0 Å².